The van der Waals surface area contributed by atoms with Crippen molar-refractivity contribution in [2.24, 2.45) is 0 Å². The Labute approximate surface area is 155 Å². The number of hydrogen-bond donors (Lipinski definition) is 4. The topological polar surface area (TPSA) is 151 Å². The van der Waals surface area contributed by atoms with Gasteiger partial charge in [-0.05, 0) is 0 Å². The number of hydrogen-bond acceptors (Lipinski definition) is 9. The van der Waals surface area contributed by atoms with Crippen molar-refractivity contribution in [1.82, 2.24) is 19.9 Å². The molecule has 0 unspecified atom stereocenters. The fourth-order valence-electron chi connectivity index (χ4n) is 2.63. The van der Waals surface area contributed by atoms with Crippen molar-refractivity contribution >= 4 is 11.8 Å². The second-order valence-electron chi connectivity index (χ2n) is 5.91. The lowest BCUT2D eigenvalue weighted by Gasteiger charge is -2.38. The Bertz CT molecular complexity index is 851. The normalized spacial score (nSPS) is 25.3. The third-order valence-electron chi connectivity index (χ3n) is 3.97. The van der Waals surface area contributed by atoms with Crippen LogP contribution in [0.25, 0.3) is 0 Å². The predicted octanol–water partition coefficient (Wildman–Crippen LogP) is 0.257. The molecule has 0 saturated carbocycles. The Morgan fingerprint density at radius 1 is 1.18 bits per heavy atom. The van der Waals surface area contributed by atoms with Crippen LogP contribution in [0.3, 0.4) is 0 Å². The van der Waals surface area contributed by atoms with Crippen LogP contribution in [0.4, 0.5) is 19.0 Å². The van der Waals surface area contributed by atoms with Gasteiger partial charge in [-0.2, -0.15) is 13.2 Å². The van der Waals surface area contributed by atoms with Crippen LogP contribution in [0.1, 0.15) is 28.0 Å². The average Bonchev–Trinajstić information content (AvgIpc) is 2.65. The maximum atomic E-state index is 12.8. The number of ether oxygens (including phenoxy) is 1. The van der Waals surface area contributed by atoms with Crippen LogP contribution in [0.5, 0.6) is 0 Å². The van der Waals surface area contributed by atoms with Gasteiger partial charge in [0.1, 0.15) is 24.1 Å². The number of alkyl halides is 3. The lowest BCUT2D eigenvalue weighted by Crippen LogP contribution is -2.52. The van der Waals surface area contributed by atoms with Crippen molar-refractivity contribution in [3.8, 4) is 0 Å². The lowest BCUT2D eigenvalue weighted by molar-refractivity contribution is -0.141. The number of aliphatic hydroxyl groups is 2. The molecule has 1 aliphatic rings. The van der Waals surface area contributed by atoms with E-state index >= 15 is 0 Å². The summed E-state index contributed by atoms with van der Waals surface area (Å²) in [6.07, 6.45) is -4.60. The Balaban J connectivity index is 1.89. The quantitative estimate of drug-likeness (QED) is 0.561. The number of rotatable bonds is 4. The number of aromatic nitrogens is 4. The Kier molecular flexibility index (Phi) is 5.40. The number of anilines is 1. The molecule has 0 radical (unpaired) electrons. The summed E-state index contributed by atoms with van der Waals surface area (Å²) in [6.45, 7) is -0.265. The van der Waals surface area contributed by atoms with E-state index in [1.807, 2.05) is 0 Å². The molecule has 0 aliphatic carbocycles. The Morgan fingerprint density at radius 2 is 1.86 bits per heavy atom. The van der Waals surface area contributed by atoms with Gasteiger partial charge in [-0.1, -0.05) is 0 Å². The molecule has 1 aliphatic heterocycles. The molecular formula is C15H14F3N5O5. The highest BCUT2D eigenvalue weighted by molar-refractivity contribution is 5.82. The number of nitrogens with one attached hydrogen (secondary N) is 1. The molecule has 2 aromatic heterocycles. The standard InChI is InChI=1S/C15H14F3N5O5/c16-15(17,18)8-3-19-4-9(22-8)23-10-11(25)7(24)5-28-12(10)6-1-20-13(14(26)27)21-2-6/h1-4,7,10-12,24-25H,5H2,(H,22,23)(H,26,27)/t7-,10+,11-,12+/m0/s1. The summed E-state index contributed by atoms with van der Waals surface area (Å²) in [5.74, 6) is -2.11. The van der Waals surface area contributed by atoms with Gasteiger partial charge in [0.05, 0.1) is 25.0 Å². The zero-order valence-electron chi connectivity index (χ0n) is 13.9. The maximum Gasteiger partial charge on any atom is 0.434 e. The molecule has 0 spiro atoms. The first-order chi connectivity index (χ1) is 13.2. The van der Waals surface area contributed by atoms with Gasteiger partial charge in [0, 0.05) is 18.0 Å². The van der Waals surface area contributed by atoms with Crippen molar-refractivity contribution in [2.75, 3.05) is 11.9 Å². The first-order valence-electron chi connectivity index (χ1n) is 7.85. The van der Waals surface area contributed by atoms with Crippen molar-refractivity contribution in [2.45, 2.75) is 30.5 Å². The minimum atomic E-state index is -4.72. The minimum Gasteiger partial charge on any atom is -0.475 e. The van der Waals surface area contributed by atoms with Crippen molar-refractivity contribution in [3.63, 3.8) is 0 Å². The van der Waals surface area contributed by atoms with E-state index in [-0.39, 0.29) is 18.0 Å². The van der Waals surface area contributed by atoms with E-state index in [0.717, 1.165) is 18.6 Å². The minimum absolute atomic E-state index is 0.244. The zero-order chi connectivity index (χ0) is 20.5. The van der Waals surface area contributed by atoms with Gasteiger partial charge in [-0.15, -0.1) is 0 Å². The molecule has 28 heavy (non-hydrogen) atoms. The highest BCUT2D eigenvalue weighted by Crippen LogP contribution is 2.32. The predicted molar refractivity (Wildman–Crippen MR) is 84.1 cm³/mol. The summed E-state index contributed by atoms with van der Waals surface area (Å²) in [6, 6.07) is -1.14. The maximum absolute atomic E-state index is 12.8. The van der Waals surface area contributed by atoms with Gasteiger partial charge >= 0.3 is 12.1 Å². The number of nitrogens with zero attached hydrogens (tertiary/aromatic N) is 4. The number of carboxylic acids is 1. The van der Waals surface area contributed by atoms with Crippen LogP contribution in [-0.4, -0.2) is 66.1 Å². The summed E-state index contributed by atoms with van der Waals surface area (Å²) < 4.78 is 43.9. The number of aliphatic hydroxyl groups excluding tert-OH is 2. The Hall–Kier alpha value is -2.90. The van der Waals surface area contributed by atoms with Gasteiger partial charge in [-0.25, -0.2) is 19.7 Å². The van der Waals surface area contributed by atoms with Gasteiger partial charge < -0.3 is 25.4 Å². The van der Waals surface area contributed by atoms with Crippen molar-refractivity contribution < 1.29 is 38.0 Å². The van der Waals surface area contributed by atoms with E-state index in [4.69, 9.17) is 9.84 Å². The number of carbonyl (C=O) groups is 1. The first-order valence-corrected chi connectivity index (χ1v) is 7.85. The smallest absolute Gasteiger partial charge is 0.434 e. The molecule has 10 nitrogen and oxygen atoms in total. The fourth-order valence-corrected chi connectivity index (χ4v) is 2.63. The second kappa shape index (κ2) is 7.61. The fraction of sp³-hybridized carbons (Fsp3) is 0.400. The van der Waals surface area contributed by atoms with E-state index in [1.165, 1.54) is 0 Å². The molecule has 0 bridgehead atoms. The summed E-state index contributed by atoms with van der Waals surface area (Å²) in [5, 5.41) is 31.6. The molecule has 0 amide bonds. The Morgan fingerprint density at radius 3 is 2.46 bits per heavy atom. The highest BCUT2D eigenvalue weighted by Gasteiger charge is 2.41. The molecule has 3 rings (SSSR count). The highest BCUT2D eigenvalue weighted by atomic mass is 19.4. The van der Waals surface area contributed by atoms with E-state index in [1.54, 1.807) is 0 Å². The van der Waals surface area contributed by atoms with E-state index in [9.17, 15) is 28.2 Å². The first kappa shape index (κ1) is 19.9. The van der Waals surface area contributed by atoms with Crippen LogP contribution in [0.2, 0.25) is 0 Å². The van der Waals surface area contributed by atoms with Gasteiger partial charge in [0.25, 0.3) is 0 Å². The summed E-state index contributed by atoms with van der Waals surface area (Å²) in [5.41, 5.74) is -0.997. The molecule has 150 valence electrons. The molecule has 1 fully saturated rings. The van der Waals surface area contributed by atoms with Gasteiger partial charge in [-0.3, -0.25) is 4.98 Å². The third-order valence-corrected chi connectivity index (χ3v) is 3.97. The van der Waals surface area contributed by atoms with Crippen molar-refractivity contribution in [1.29, 1.82) is 0 Å². The molecule has 2 aromatic rings. The van der Waals surface area contributed by atoms with Crippen LogP contribution in [0, 0.1) is 0 Å². The lowest BCUT2D eigenvalue weighted by atomic mass is 9.93. The summed E-state index contributed by atoms with van der Waals surface area (Å²) in [4.78, 5) is 25.0. The van der Waals surface area contributed by atoms with Crippen molar-refractivity contribution in [3.05, 3.63) is 41.9 Å². The number of carboxylic acid groups (broad SMARTS) is 1. The van der Waals surface area contributed by atoms with Crippen LogP contribution < -0.4 is 5.32 Å². The SMILES string of the molecule is O=C(O)c1ncc([C@H]2OC[C@H](O)[C@H](O)[C@H]2Nc2cncc(C(F)(F)F)n2)cn1. The molecular weight excluding hydrogens is 387 g/mol. The van der Waals surface area contributed by atoms with E-state index in [2.05, 4.69) is 25.3 Å². The second-order valence-corrected chi connectivity index (χ2v) is 5.91. The van der Waals surface area contributed by atoms with E-state index < -0.39 is 48.0 Å². The number of aromatic carboxylic acids is 1. The summed E-state index contributed by atoms with van der Waals surface area (Å²) in [7, 11) is 0. The molecule has 1 saturated heterocycles. The monoisotopic (exact) mass is 401 g/mol. The number of halogens is 3. The molecule has 0 aromatic carbocycles. The zero-order valence-corrected chi connectivity index (χ0v) is 13.9. The summed E-state index contributed by atoms with van der Waals surface area (Å²) >= 11 is 0. The van der Waals surface area contributed by atoms with Crippen LogP contribution >= 0.6 is 0 Å². The molecule has 13 heteroatoms. The van der Waals surface area contributed by atoms with Crippen LogP contribution in [0.15, 0.2) is 24.8 Å². The largest absolute Gasteiger partial charge is 0.475 e. The van der Waals surface area contributed by atoms with Crippen LogP contribution in [-0.2, 0) is 10.9 Å². The van der Waals surface area contributed by atoms with Gasteiger partial charge in [0.2, 0.25) is 5.82 Å². The molecule has 3 heterocycles. The molecule has 4 N–H and O–H groups in total. The van der Waals surface area contributed by atoms with E-state index in [0.29, 0.717) is 6.20 Å². The average molecular weight is 401 g/mol. The molecule has 4 atom stereocenters. The third kappa shape index (κ3) is 4.16. The van der Waals surface area contributed by atoms with Gasteiger partial charge in [0.15, 0.2) is 5.69 Å².